The van der Waals surface area contributed by atoms with Gasteiger partial charge in [-0.25, -0.2) is 0 Å². The summed E-state index contributed by atoms with van der Waals surface area (Å²) in [4.78, 5) is 0. The van der Waals surface area contributed by atoms with Crippen LogP contribution in [0.15, 0.2) is 18.2 Å². The van der Waals surface area contributed by atoms with Gasteiger partial charge < -0.3 is 10.5 Å². The first-order valence-electron chi connectivity index (χ1n) is 5.95. The molecule has 0 radical (unpaired) electrons. The van der Waals surface area contributed by atoms with E-state index in [1.54, 1.807) is 7.11 Å². The summed E-state index contributed by atoms with van der Waals surface area (Å²) in [6.45, 7) is 6.39. The molecule has 0 saturated heterocycles. The van der Waals surface area contributed by atoms with E-state index in [-0.39, 0.29) is 12.1 Å². The molecule has 0 aliphatic heterocycles. The van der Waals surface area contributed by atoms with Gasteiger partial charge in [-0.05, 0) is 37.0 Å². The van der Waals surface area contributed by atoms with Gasteiger partial charge >= 0.3 is 0 Å². The van der Waals surface area contributed by atoms with Gasteiger partial charge in [0.1, 0.15) is 0 Å². The van der Waals surface area contributed by atoms with E-state index in [1.165, 1.54) is 16.7 Å². The number of hydrogen-bond acceptors (Lipinski definition) is 2. The van der Waals surface area contributed by atoms with Gasteiger partial charge in [-0.2, -0.15) is 0 Å². The van der Waals surface area contributed by atoms with Gasteiger partial charge in [0.05, 0.1) is 12.1 Å². The average molecular weight is 221 g/mol. The van der Waals surface area contributed by atoms with Crippen molar-refractivity contribution in [1.29, 1.82) is 0 Å². The van der Waals surface area contributed by atoms with Crippen molar-refractivity contribution in [1.82, 2.24) is 0 Å². The van der Waals surface area contributed by atoms with Crippen molar-refractivity contribution in [2.24, 2.45) is 5.73 Å². The molecular formula is C14H23NO. The molecule has 1 aromatic carbocycles. The Morgan fingerprint density at radius 1 is 1.25 bits per heavy atom. The number of methoxy groups -OCH3 is 1. The predicted octanol–water partition coefficient (Wildman–Crippen LogP) is 3.12. The quantitative estimate of drug-likeness (QED) is 0.829. The van der Waals surface area contributed by atoms with Gasteiger partial charge in [-0.15, -0.1) is 0 Å². The zero-order valence-electron chi connectivity index (χ0n) is 10.8. The van der Waals surface area contributed by atoms with Crippen molar-refractivity contribution < 1.29 is 4.74 Å². The van der Waals surface area contributed by atoms with Gasteiger partial charge in [0.15, 0.2) is 0 Å². The van der Waals surface area contributed by atoms with E-state index in [9.17, 15) is 0 Å². The largest absolute Gasteiger partial charge is 0.379 e. The van der Waals surface area contributed by atoms with Crippen molar-refractivity contribution in [3.8, 4) is 0 Å². The molecule has 2 N–H and O–H groups in total. The number of ether oxygens (including phenoxy) is 1. The van der Waals surface area contributed by atoms with Crippen LogP contribution in [-0.4, -0.2) is 13.2 Å². The normalized spacial score (nSPS) is 14.8. The van der Waals surface area contributed by atoms with E-state index >= 15 is 0 Å². The van der Waals surface area contributed by atoms with Crippen molar-refractivity contribution >= 4 is 0 Å². The molecule has 2 heteroatoms. The van der Waals surface area contributed by atoms with Crippen LogP contribution in [0.3, 0.4) is 0 Å². The number of nitrogens with two attached hydrogens (primary N) is 1. The van der Waals surface area contributed by atoms with Crippen LogP contribution in [0.1, 0.15) is 42.5 Å². The molecular weight excluding hydrogens is 198 g/mol. The topological polar surface area (TPSA) is 35.2 Å². The molecule has 0 heterocycles. The first kappa shape index (κ1) is 13.2. The lowest BCUT2D eigenvalue weighted by Gasteiger charge is -2.23. The van der Waals surface area contributed by atoms with Crippen LogP contribution in [-0.2, 0) is 4.74 Å². The molecule has 16 heavy (non-hydrogen) atoms. The smallest absolute Gasteiger partial charge is 0.0763 e. The molecule has 90 valence electrons. The second kappa shape index (κ2) is 6.02. The van der Waals surface area contributed by atoms with Crippen molar-refractivity contribution in [2.75, 3.05) is 7.11 Å². The highest BCUT2D eigenvalue weighted by Crippen LogP contribution is 2.22. The molecule has 0 amide bonds. The molecule has 1 aromatic rings. The summed E-state index contributed by atoms with van der Waals surface area (Å²) in [5.74, 6) is 0. The Bertz CT molecular complexity index is 336. The lowest BCUT2D eigenvalue weighted by molar-refractivity contribution is 0.0725. The van der Waals surface area contributed by atoms with E-state index in [4.69, 9.17) is 10.5 Å². The first-order chi connectivity index (χ1) is 7.60. The number of rotatable bonds is 5. The van der Waals surface area contributed by atoms with Crippen molar-refractivity contribution in [3.63, 3.8) is 0 Å². The lowest BCUT2D eigenvalue weighted by atomic mass is 9.96. The molecule has 2 unspecified atom stereocenters. The molecule has 0 spiro atoms. The van der Waals surface area contributed by atoms with Crippen LogP contribution >= 0.6 is 0 Å². The monoisotopic (exact) mass is 221 g/mol. The second-order valence-corrected chi connectivity index (χ2v) is 4.43. The van der Waals surface area contributed by atoms with Crippen LogP contribution in [0.25, 0.3) is 0 Å². The van der Waals surface area contributed by atoms with Crippen LogP contribution < -0.4 is 5.73 Å². The van der Waals surface area contributed by atoms with E-state index in [1.807, 2.05) is 0 Å². The van der Waals surface area contributed by atoms with Crippen molar-refractivity contribution in [2.45, 2.75) is 45.8 Å². The SMILES string of the molecule is CCCC(OC)C(N)c1ccc(C)c(C)c1. The van der Waals surface area contributed by atoms with Crippen LogP contribution in [0.4, 0.5) is 0 Å². The Hall–Kier alpha value is -0.860. The molecule has 0 aromatic heterocycles. The maximum Gasteiger partial charge on any atom is 0.0763 e. The summed E-state index contributed by atoms with van der Waals surface area (Å²) in [5, 5.41) is 0. The Kier molecular flexibility index (Phi) is 4.97. The molecule has 0 fully saturated rings. The van der Waals surface area contributed by atoms with Crippen LogP contribution in [0.5, 0.6) is 0 Å². The zero-order valence-corrected chi connectivity index (χ0v) is 10.8. The summed E-state index contributed by atoms with van der Waals surface area (Å²) in [6.07, 6.45) is 2.22. The maximum atomic E-state index is 6.23. The third kappa shape index (κ3) is 3.06. The first-order valence-corrected chi connectivity index (χ1v) is 5.95. The van der Waals surface area contributed by atoms with Gasteiger partial charge in [0.25, 0.3) is 0 Å². The Morgan fingerprint density at radius 3 is 2.44 bits per heavy atom. The Labute approximate surface area is 98.8 Å². The minimum absolute atomic E-state index is 0.0238. The van der Waals surface area contributed by atoms with Gasteiger partial charge in [0, 0.05) is 7.11 Å². The van der Waals surface area contributed by atoms with Crippen LogP contribution in [0, 0.1) is 13.8 Å². The highest BCUT2D eigenvalue weighted by atomic mass is 16.5. The summed E-state index contributed by atoms with van der Waals surface area (Å²) >= 11 is 0. The number of hydrogen-bond donors (Lipinski definition) is 1. The third-order valence-corrected chi connectivity index (χ3v) is 3.19. The maximum absolute atomic E-state index is 6.23. The highest BCUT2D eigenvalue weighted by molar-refractivity contribution is 5.32. The molecule has 2 nitrogen and oxygen atoms in total. The van der Waals surface area contributed by atoms with Crippen LogP contribution in [0.2, 0.25) is 0 Å². The highest BCUT2D eigenvalue weighted by Gasteiger charge is 2.18. The zero-order chi connectivity index (χ0) is 12.1. The van der Waals surface area contributed by atoms with E-state index < -0.39 is 0 Å². The lowest BCUT2D eigenvalue weighted by Crippen LogP contribution is -2.28. The van der Waals surface area contributed by atoms with Gasteiger partial charge in [0.2, 0.25) is 0 Å². The Morgan fingerprint density at radius 2 is 1.94 bits per heavy atom. The number of aryl methyl sites for hydroxylation is 2. The molecule has 2 atom stereocenters. The molecule has 0 bridgehead atoms. The van der Waals surface area contributed by atoms with E-state index in [2.05, 4.69) is 39.0 Å². The summed E-state index contributed by atoms with van der Waals surface area (Å²) in [6, 6.07) is 6.38. The van der Waals surface area contributed by atoms with Gasteiger partial charge in [-0.1, -0.05) is 31.5 Å². The van der Waals surface area contributed by atoms with Gasteiger partial charge in [-0.3, -0.25) is 0 Å². The fourth-order valence-corrected chi connectivity index (χ4v) is 1.92. The van der Waals surface area contributed by atoms with Crippen molar-refractivity contribution in [3.05, 3.63) is 34.9 Å². The van der Waals surface area contributed by atoms with E-state index in [0.717, 1.165) is 12.8 Å². The molecule has 0 aliphatic rings. The summed E-state index contributed by atoms with van der Waals surface area (Å²) in [5.41, 5.74) is 10.00. The fraction of sp³-hybridized carbons (Fsp3) is 0.571. The van der Waals surface area contributed by atoms with E-state index in [0.29, 0.717) is 0 Å². The Balaban J connectivity index is 2.85. The molecule has 0 saturated carbocycles. The molecule has 1 rings (SSSR count). The minimum atomic E-state index is -0.0238. The molecule has 0 aliphatic carbocycles. The minimum Gasteiger partial charge on any atom is -0.379 e. The predicted molar refractivity (Wildman–Crippen MR) is 68.5 cm³/mol. The number of benzene rings is 1. The standard InChI is InChI=1S/C14H23NO/c1-5-6-13(16-4)14(15)12-8-7-10(2)11(3)9-12/h7-9,13-14H,5-6,15H2,1-4H3. The average Bonchev–Trinajstić information content (AvgIpc) is 2.28. The summed E-state index contributed by atoms with van der Waals surface area (Å²) < 4.78 is 5.45. The second-order valence-electron chi connectivity index (χ2n) is 4.43. The fourth-order valence-electron chi connectivity index (χ4n) is 1.92. The third-order valence-electron chi connectivity index (χ3n) is 3.19. The summed E-state index contributed by atoms with van der Waals surface area (Å²) in [7, 11) is 1.74.